The molecule has 0 radical (unpaired) electrons. The van der Waals surface area contributed by atoms with E-state index >= 15 is 0 Å². The van der Waals surface area contributed by atoms with Gasteiger partial charge in [0.1, 0.15) is 0 Å². The molecule has 1 amide bonds. The molecule has 3 rings (SSSR count). The van der Waals surface area contributed by atoms with Crippen molar-refractivity contribution in [1.29, 1.82) is 0 Å². The second kappa shape index (κ2) is 5.39. The van der Waals surface area contributed by atoms with Gasteiger partial charge in [-0.2, -0.15) is 0 Å². The van der Waals surface area contributed by atoms with Crippen LogP contribution in [0.5, 0.6) is 0 Å². The number of nitrogens with zero attached hydrogens (tertiary/aromatic N) is 1. The van der Waals surface area contributed by atoms with Crippen LogP contribution in [0.4, 0.5) is 5.69 Å². The summed E-state index contributed by atoms with van der Waals surface area (Å²) < 4.78 is 0. The highest BCUT2D eigenvalue weighted by Crippen LogP contribution is 2.33. The quantitative estimate of drug-likeness (QED) is 0.632. The monoisotopic (exact) mass is 313 g/mol. The number of para-hydroxylation sites is 1. The number of carbonyl (C=O) groups is 3. The lowest BCUT2D eigenvalue weighted by atomic mass is 9.99. The van der Waals surface area contributed by atoms with Crippen LogP contribution in [0, 0.1) is 0 Å². The Morgan fingerprint density at radius 3 is 2.32 bits per heavy atom. The summed E-state index contributed by atoms with van der Waals surface area (Å²) in [7, 11) is 0. The third-order valence-corrected chi connectivity index (χ3v) is 3.90. The van der Waals surface area contributed by atoms with Gasteiger partial charge in [0.15, 0.2) is 17.6 Å². The molecule has 1 atom stereocenters. The normalized spacial score (nSPS) is 16.5. The van der Waals surface area contributed by atoms with Gasteiger partial charge in [-0.25, -0.2) is 0 Å². The maximum atomic E-state index is 12.7. The molecular formula is C17H12ClNO3. The van der Waals surface area contributed by atoms with E-state index in [1.807, 2.05) is 0 Å². The van der Waals surface area contributed by atoms with Gasteiger partial charge >= 0.3 is 0 Å². The minimum atomic E-state index is -1.14. The maximum absolute atomic E-state index is 12.7. The molecule has 1 aliphatic heterocycles. The number of rotatable bonds is 2. The Balaban J connectivity index is 2.06. The molecule has 2 aromatic carbocycles. The number of ketones is 2. The number of hydrogen-bond acceptors (Lipinski definition) is 3. The average molecular weight is 314 g/mol. The van der Waals surface area contributed by atoms with E-state index in [0.717, 1.165) is 0 Å². The zero-order valence-electron chi connectivity index (χ0n) is 11.7. The van der Waals surface area contributed by atoms with Crippen LogP contribution in [-0.4, -0.2) is 23.5 Å². The topological polar surface area (TPSA) is 54.5 Å². The van der Waals surface area contributed by atoms with Crippen molar-refractivity contribution in [3.63, 3.8) is 0 Å². The summed E-state index contributed by atoms with van der Waals surface area (Å²) in [5, 5.41) is 0.501. The fourth-order valence-electron chi connectivity index (χ4n) is 2.66. The molecule has 1 heterocycles. The predicted molar refractivity (Wildman–Crippen MR) is 83.5 cm³/mol. The van der Waals surface area contributed by atoms with E-state index in [1.54, 1.807) is 48.5 Å². The molecule has 0 bridgehead atoms. The van der Waals surface area contributed by atoms with Crippen LogP contribution in [0.3, 0.4) is 0 Å². The first kappa shape index (κ1) is 14.5. The molecule has 0 saturated carbocycles. The first-order valence-electron chi connectivity index (χ1n) is 6.73. The Morgan fingerprint density at radius 2 is 1.68 bits per heavy atom. The van der Waals surface area contributed by atoms with Crippen molar-refractivity contribution >= 4 is 34.8 Å². The predicted octanol–water partition coefficient (Wildman–Crippen LogP) is 3.14. The van der Waals surface area contributed by atoms with Crippen LogP contribution in [0.15, 0.2) is 48.5 Å². The molecule has 0 spiro atoms. The molecule has 0 N–H and O–H groups in total. The van der Waals surface area contributed by atoms with Gasteiger partial charge in [-0.1, -0.05) is 23.7 Å². The molecule has 4 nitrogen and oxygen atoms in total. The van der Waals surface area contributed by atoms with Crippen LogP contribution in [0.1, 0.15) is 27.6 Å². The van der Waals surface area contributed by atoms with Crippen LogP contribution in [0.2, 0.25) is 5.02 Å². The van der Waals surface area contributed by atoms with Gasteiger partial charge in [-0.05, 0) is 36.4 Å². The third kappa shape index (κ3) is 2.22. The van der Waals surface area contributed by atoms with Crippen LogP contribution in [0.25, 0.3) is 0 Å². The number of benzene rings is 2. The molecule has 110 valence electrons. The van der Waals surface area contributed by atoms with Crippen LogP contribution >= 0.6 is 11.6 Å². The lowest BCUT2D eigenvalue weighted by Gasteiger charge is -2.21. The molecule has 1 aliphatic rings. The number of carbonyl (C=O) groups excluding carboxylic acids is 3. The minimum absolute atomic E-state index is 0.342. The third-order valence-electron chi connectivity index (χ3n) is 3.65. The molecule has 0 aromatic heterocycles. The zero-order valence-corrected chi connectivity index (χ0v) is 12.5. The van der Waals surface area contributed by atoms with Gasteiger partial charge in [0.05, 0.1) is 5.69 Å². The molecule has 22 heavy (non-hydrogen) atoms. The Kier molecular flexibility index (Phi) is 3.54. The number of anilines is 1. The van der Waals surface area contributed by atoms with Crippen molar-refractivity contribution in [1.82, 2.24) is 0 Å². The summed E-state index contributed by atoms with van der Waals surface area (Å²) in [6.07, 6.45) is 0. The first-order chi connectivity index (χ1) is 10.5. The van der Waals surface area contributed by atoms with Crippen molar-refractivity contribution in [2.75, 3.05) is 4.90 Å². The summed E-state index contributed by atoms with van der Waals surface area (Å²) in [6, 6.07) is 11.9. The van der Waals surface area contributed by atoms with E-state index < -0.39 is 11.8 Å². The van der Waals surface area contributed by atoms with E-state index in [1.165, 1.54) is 11.8 Å². The Hall–Kier alpha value is -2.46. The molecule has 2 aromatic rings. The standard InChI is InChI=1S/C17H12ClNO3/c1-10(20)19-14-5-3-2-4-13(14)17(22)15(19)16(21)11-6-8-12(18)9-7-11/h2-9,15H,1H3. The molecule has 5 heteroatoms. The smallest absolute Gasteiger partial charge is 0.224 e. The van der Waals surface area contributed by atoms with Crippen molar-refractivity contribution in [2.45, 2.75) is 13.0 Å². The fraction of sp³-hybridized carbons (Fsp3) is 0.118. The molecule has 0 fully saturated rings. The van der Waals surface area contributed by atoms with E-state index in [0.29, 0.717) is 21.8 Å². The van der Waals surface area contributed by atoms with Gasteiger partial charge in [0, 0.05) is 23.1 Å². The molecule has 1 unspecified atom stereocenters. The first-order valence-corrected chi connectivity index (χ1v) is 7.11. The van der Waals surface area contributed by atoms with Gasteiger partial charge in [0.2, 0.25) is 5.91 Å². The van der Waals surface area contributed by atoms with Crippen molar-refractivity contribution in [2.24, 2.45) is 0 Å². The Bertz CT molecular complexity index is 783. The van der Waals surface area contributed by atoms with E-state index in [2.05, 4.69) is 0 Å². The van der Waals surface area contributed by atoms with E-state index in [4.69, 9.17) is 11.6 Å². The van der Waals surface area contributed by atoms with Crippen molar-refractivity contribution in [3.05, 3.63) is 64.7 Å². The average Bonchev–Trinajstić information content (AvgIpc) is 2.81. The molecule has 0 saturated heterocycles. The Morgan fingerprint density at radius 1 is 1.05 bits per heavy atom. The summed E-state index contributed by atoms with van der Waals surface area (Å²) in [5.74, 6) is -1.11. The second-order valence-corrected chi connectivity index (χ2v) is 5.48. The number of amides is 1. The van der Waals surface area contributed by atoms with E-state index in [-0.39, 0.29) is 11.7 Å². The van der Waals surface area contributed by atoms with Crippen molar-refractivity contribution < 1.29 is 14.4 Å². The fourth-order valence-corrected chi connectivity index (χ4v) is 2.78. The Labute approximate surface area is 132 Å². The second-order valence-electron chi connectivity index (χ2n) is 5.04. The summed E-state index contributed by atoms with van der Waals surface area (Å²) in [5.41, 5.74) is 1.22. The van der Waals surface area contributed by atoms with Gasteiger partial charge < -0.3 is 0 Å². The number of Topliss-reactive ketones (excluding diaryl/α,β-unsaturated/α-hetero) is 2. The SMILES string of the molecule is CC(=O)N1c2ccccc2C(=O)C1C(=O)c1ccc(Cl)cc1. The summed E-state index contributed by atoms with van der Waals surface area (Å²) in [4.78, 5) is 38.5. The number of fused-ring (bicyclic) bond motifs is 1. The van der Waals surface area contributed by atoms with Crippen LogP contribution in [-0.2, 0) is 4.79 Å². The highest BCUT2D eigenvalue weighted by Gasteiger charge is 2.43. The largest absolute Gasteiger partial charge is 0.293 e. The highest BCUT2D eigenvalue weighted by atomic mass is 35.5. The van der Waals surface area contributed by atoms with Gasteiger partial charge in [0.25, 0.3) is 0 Å². The van der Waals surface area contributed by atoms with Gasteiger partial charge in [-0.3, -0.25) is 19.3 Å². The zero-order chi connectivity index (χ0) is 15.9. The summed E-state index contributed by atoms with van der Waals surface area (Å²) >= 11 is 5.81. The minimum Gasteiger partial charge on any atom is -0.293 e. The van der Waals surface area contributed by atoms with E-state index in [9.17, 15) is 14.4 Å². The van der Waals surface area contributed by atoms with Crippen molar-refractivity contribution in [3.8, 4) is 0 Å². The lowest BCUT2D eigenvalue weighted by Crippen LogP contribution is -2.44. The molecular weight excluding hydrogens is 302 g/mol. The number of hydrogen-bond donors (Lipinski definition) is 0. The maximum Gasteiger partial charge on any atom is 0.224 e. The number of halogens is 1. The van der Waals surface area contributed by atoms with Gasteiger partial charge in [-0.15, -0.1) is 0 Å². The van der Waals surface area contributed by atoms with Crippen LogP contribution < -0.4 is 4.90 Å². The molecule has 0 aliphatic carbocycles. The summed E-state index contributed by atoms with van der Waals surface area (Å²) in [6.45, 7) is 1.34. The highest BCUT2D eigenvalue weighted by molar-refractivity contribution is 6.31. The lowest BCUT2D eigenvalue weighted by molar-refractivity contribution is -0.116.